The summed E-state index contributed by atoms with van der Waals surface area (Å²) in [5.74, 6) is 0.426. The highest BCUT2D eigenvalue weighted by atomic mass is 32.2. The minimum Gasteiger partial charge on any atom is -0.496 e. The molecule has 1 amide bonds. The number of sulfonamides is 1. The van der Waals surface area contributed by atoms with Crippen LogP contribution in [0.2, 0.25) is 0 Å². The number of likely N-dealkylation sites (N-methyl/N-ethyl adjacent to an activating group) is 1. The van der Waals surface area contributed by atoms with Crippen molar-refractivity contribution >= 4 is 15.9 Å². The number of morpholine rings is 1. The van der Waals surface area contributed by atoms with Crippen molar-refractivity contribution in [2.45, 2.75) is 18.7 Å². The summed E-state index contributed by atoms with van der Waals surface area (Å²) in [5.41, 5.74) is 0.731. The van der Waals surface area contributed by atoms with Crippen LogP contribution in [0.15, 0.2) is 23.1 Å². The standard InChI is InChI=1S/C16H24N2O5S/c1-4-18(12-16(19)17-7-9-23-10-8-17)24(20,21)14-5-6-15(22-3)13(2)11-14/h5-6,11H,4,7-10,12H2,1-3H3. The van der Waals surface area contributed by atoms with Gasteiger partial charge in [0.2, 0.25) is 15.9 Å². The highest BCUT2D eigenvalue weighted by molar-refractivity contribution is 7.89. The van der Waals surface area contributed by atoms with Crippen molar-refractivity contribution in [2.75, 3.05) is 46.5 Å². The van der Waals surface area contributed by atoms with Crippen LogP contribution in [0.1, 0.15) is 12.5 Å². The zero-order valence-electron chi connectivity index (χ0n) is 14.3. The fourth-order valence-corrected chi connectivity index (χ4v) is 4.07. The first kappa shape index (κ1) is 18.7. The fourth-order valence-electron chi connectivity index (χ4n) is 2.59. The Hall–Kier alpha value is -1.64. The first-order valence-corrected chi connectivity index (χ1v) is 9.34. The van der Waals surface area contributed by atoms with E-state index in [0.717, 1.165) is 5.56 Å². The van der Waals surface area contributed by atoms with Gasteiger partial charge in [0.05, 0.1) is 31.8 Å². The molecule has 1 aliphatic heterocycles. The molecule has 1 heterocycles. The SMILES string of the molecule is CCN(CC(=O)N1CCOCC1)S(=O)(=O)c1ccc(OC)c(C)c1. The summed E-state index contributed by atoms with van der Waals surface area (Å²) in [6.07, 6.45) is 0. The number of methoxy groups -OCH3 is 1. The van der Waals surface area contributed by atoms with E-state index in [0.29, 0.717) is 32.1 Å². The van der Waals surface area contributed by atoms with Gasteiger partial charge in [0.1, 0.15) is 5.75 Å². The quantitative estimate of drug-likeness (QED) is 0.756. The number of aryl methyl sites for hydroxylation is 1. The largest absolute Gasteiger partial charge is 0.496 e. The molecule has 0 aromatic heterocycles. The predicted octanol–water partition coefficient (Wildman–Crippen LogP) is 0.873. The Balaban J connectivity index is 2.18. The van der Waals surface area contributed by atoms with Gasteiger partial charge >= 0.3 is 0 Å². The molecule has 7 nitrogen and oxygen atoms in total. The van der Waals surface area contributed by atoms with E-state index in [9.17, 15) is 13.2 Å². The topological polar surface area (TPSA) is 76.2 Å². The van der Waals surface area contributed by atoms with Crippen LogP contribution in [-0.4, -0.2) is 70.0 Å². The van der Waals surface area contributed by atoms with Crippen LogP contribution in [0.3, 0.4) is 0 Å². The van der Waals surface area contributed by atoms with Gasteiger partial charge in [-0.15, -0.1) is 0 Å². The summed E-state index contributed by atoms with van der Waals surface area (Å²) in [6, 6.07) is 4.69. The molecule has 0 atom stereocenters. The third kappa shape index (κ3) is 4.06. The van der Waals surface area contributed by atoms with E-state index in [1.165, 1.54) is 17.5 Å². The zero-order valence-corrected chi connectivity index (χ0v) is 15.1. The van der Waals surface area contributed by atoms with Crippen molar-refractivity contribution < 1.29 is 22.7 Å². The van der Waals surface area contributed by atoms with Crippen molar-refractivity contribution in [1.82, 2.24) is 9.21 Å². The third-order valence-corrected chi connectivity index (χ3v) is 5.95. The molecule has 0 radical (unpaired) electrons. The Morgan fingerprint density at radius 3 is 2.54 bits per heavy atom. The molecule has 0 aliphatic carbocycles. The maximum atomic E-state index is 12.8. The van der Waals surface area contributed by atoms with Crippen LogP contribution in [-0.2, 0) is 19.6 Å². The Morgan fingerprint density at radius 2 is 2.00 bits per heavy atom. The molecule has 134 valence electrons. The Morgan fingerprint density at radius 1 is 1.33 bits per heavy atom. The lowest BCUT2D eigenvalue weighted by Gasteiger charge is -2.29. The maximum absolute atomic E-state index is 12.8. The number of rotatable bonds is 6. The smallest absolute Gasteiger partial charge is 0.243 e. The number of benzene rings is 1. The number of hydrogen-bond acceptors (Lipinski definition) is 5. The van der Waals surface area contributed by atoms with E-state index >= 15 is 0 Å². The van der Waals surface area contributed by atoms with Crippen molar-refractivity contribution in [2.24, 2.45) is 0 Å². The third-order valence-electron chi connectivity index (χ3n) is 4.03. The molecule has 2 rings (SSSR count). The summed E-state index contributed by atoms with van der Waals surface area (Å²) in [7, 11) is -2.20. The van der Waals surface area contributed by atoms with E-state index in [2.05, 4.69) is 0 Å². The van der Waals surface area contributed by atoms with Gasteiger partial charge in [-0.25, -0.2) is 8.42 Å². The number of ether oxygens (including phenoxy) is 2. The monoisotopic (exact) mass is 356 g/mol. The molecule has 0 bridgehead atoms. The van der Waals surface area contributed by atoms with Gasteiger partial charge in [0.25, 0.3) is 0 Å². The van der Waals surface area contributed by atoms with Crippen molar-refractivity contribution in [3.8, 4) is 5.75 Å². The first-order valence-electron chi connectivity index (χ1n) is 7.90. The molecule has 1 fully saturated rings. The minimum absolute atomic E-state index is 0.163. The van der Waals surface area contributed by atoms with Gasteiger partial charge in [-0.3, -0.25) is 4.79 Å². The van der Waals surface area contributed by atoms with Gasteiger partial charge in [-0.05, 0) is 30.7 Å². The zero-order chi connectivity index (χ0) is 17.7. The van der Waals surface area contributed by atoms with Crippen LogP contribution >= 0.6 is 0 Å². The van der Waals surface area contributed by atoms with Crippen LogP contribution in [0, 0.1) is 6.92 Å². The molecule has 0 saturated carbocycles. The molecule has 1 aliphatic rings. The highest BCUT2D eigenvalue weighted by Gasteiger charge is 2.28. The second-order valence-corrected chi connectivity index (χ2v) is 7.49. The van der Waals surface area contributed by atoms with Crippen LogP contribution in [0.25, 0.3) is 0 Å². The minimum atomic E-state index is -3.73. The predicted molar refractivity (Wildman–Crippen MR) is 89.6 cm³/mol. The highest BCUT2D eigenvalue weighted by Crippen LogP contribution is 2.23. The summed E-state index contributed by atoms with van der Waals surface area (Å²) in [6.45, 7) is 5.54. The second-order valence-electron chi connectivity index (χ2n) is 5.56. The molecule has 8 heteroatoms. The summed E-state index contributed by atoms with van der Waals surface area (Å²) in [5, 5.41) is 0. The summed E-state index contributed by atoms with van der Waals surface area (Å²) >= 11 is 0. The van der Waals surface area contributed by atoms with E-state index in [-0.39, 0.29) is 23.9 Å². The van der Waals surface area contributed by atoms with E-state index in [1.54, 1.807) is 30.9 Å². The molecule has 0 N–H and O–H groups in total. The van der Waals surface area contributed by atoms with E-state index < -0.39 is 10.0 Å². The molecule has 1 aromatic carbocycles. The van der Waals surface area contributed by atoms with Gasteiger partial charge in [0.15, 0.2) is 0 Å². The van der Waals surface area contributed by atoms with Gasteiger partial charge in [-0.2, -0.15) is 4.31 Å². The molecule has 0 spiro atoms. The number of carbonyl (C=O) groups is 1. The number of hydrogen-bond donors (Lipinski definition) is 0. The van der Waals surface area contributed by atoms with Gasteiger partial charge < -0.3 is 14.4 Å². The van der Waals surface area contributed by atoms with E-state index in [1.807, 2.05) is 0 Å². The average molecular weight is 356 g/mol. The van der Waals surface area contributed by atoms with Gasteiger partial charge in [-0.1, -0.05) is 6.92 Å². The lowest BCUT2D eigenvalue weighted by Crippen LogP contribution is -2.47. The summed E-state index contributed by atoms with van der Waals surface area (Å²) < 4.78 is 37.2. The number of amides is 1. The molecular weight excluding hydrogens is 332 g/mol. The number of nitrogens with zero attached hydrogens (tertiary/aromatic N) is 2. The second kappa shape index (κ2) is 7.96. The van der Waals surface area contributed by atoms with E-state index in [4.69, 9.17) is 9.47 Å². The molecule has 24 heavy (non-hydrogen) atoms. The van der Waals surface area contributed by atoms with Crippen LogP contribution in [0.5, 0.6) is 5.75 Å². The van der Waals surface area contributed by atoms with Crippen LogP contribution in [0.4, 0.5) is 0 Å². The average Bonchev–Trinajstić information content (AvgIpc) is 2.59. The molecular formula is C16H24N2O5S. The molecule has 0 unspecified atom stereocenters. The maximum Gasteiger partial charge on any atom is 0.243 e. The lowest BCUT2D eigenvalue weighted by atomic mass is 10.2. The fraction of sp³-hybridized carbons (Fsp3) is 0.562. The van der Waals surface area contributed by atoms with Gasteiger partial charge in [0, 0.05) is 19.6 Å². The Kier molecular flexibility index (Phi) is 6.20. The Labute approximate surface area is 143 Å². The van der Waals surface area contributed by atoms with Crippen molar-refractivity contribution in [3.05, 3.63) is 23.8 Å². The summed E-state index contributed by atoms with van der Waals surface area (Å²) in [4.78, 5) is 14.2. The normalized spacial score (nSPS) is 15.6. The molecule has 1 aromatic rings. The first-order chi connectivity index (χ1) is 11.4. The lowest BCUT2D eigenvalue weighted by molar-refractivity contribution is -0.135. The number of carbonyl (C=O) groups excluding carboxylic acids is 1. The molecule has 1 saturated heterocycles. The van der Waals surface area contributed by atoms with Crippen molar-refractivity contribution in [1.29, 1.82) is 0 Å². The van der Waals surface area contributed by atoms with Crippen LogP contribution < -0.4 is 4.74 Å². The Bertz CT molecular complexity index is 684. The van der Waals surface area contributed by atoms with Crippen molar-refractivity contribution in [3.63, 3.8) is 0 Å².